The quantitative estimate of drug-likeness (QED) is 0.672. The van der Waals surface area contributed by atoms with E-state index in [4.69, 9.17) is 19.3 Å². The van der Waals surface area contributed by atoms with Gasteiger partial charge in [-0.05, 0) is 0 Å². The first-order valence-electron chi connectivity index (χ1n) is 6.93. The van der Waals surface area contributed by atoms with Crippen molar-refractivity contribution < 1.29 is 28.9 Å². The van der Waals surface area contributed by atoms with Gasteiger partial charge in [-0.3, -0.25) is 4.79 Å². The Labute approximate surface area is 124 Å². The minimum absolute atomic E-state index is 0.117. The van der Waals surface area contributed by atoms with Crippen LogP contribution in [0.25, 0.3) is 0 Å². The van der Waals surface area contributed by atoms with Crippen molar-refractivity contribution in [3.63, 3.8) is 0 Å². The molecular weight excluding hydrogens is 280 g/mol. The van der Waals surface area contributed by atoms with E-state index in [1.807, 2.05) is 0 Å². The molecule has 1 unspecified atom stereocenters. The summed E-state index contributed by atoms with van der Waals surface area (Å²) in [7, 11) is 3.14. The zero-order chi connectivity index (χ0) is 15.7. The molecule has 1 saturated heterocycles. The molecule has 0 bridgehead atoms. The second-order valence-corrected chi connectivity index (χ2v) is 4.78. The minimum Gasteiger partial charge on any atom is -0.481 e. The molecule has 8 nitrogen and oxygen atoms in total. The summed E-state index contributed by atoms with van der Waals surface area (Å²) in [6.45, 7) is 2.79. The monoisotopic (exact) mass is 304 g/mol. The number of rotatable bonds is 8. The number of morpholine rings is 1. The summed E-state index contributed by atoms with van der Waals surface area (Å²) < 4.78 is 15.3. The highest BCUT2D eigenvalue weighted by Gasteiger charge is 2.31. The number of carbonyl (C=O) groups is 2. The molecule has 21 heavy (non-hydrogen) atoms. The Morgan fingerprint density at radius 1 is 1.29 bits per heavy atom. The number of ether oxygens (including phenoxy) is 3. The van der Waals surface area contributed by atoms with Crippen LogP contribution in [-0.2, 0) is 19.0 Å². The summed E-state index contributed by atoms with van der Waals surface area (Å²) in [5.41, 5.74) is 0. The second kappa shape index (κ2) is 9.54. The van der Waals surface area contributed by atoms with Gasteiger partial charge in [-0.15, -0.1) is 0 Å². The molecule has 1 rings (SSSR count). The van der Waals surface area contributed by atoms with Crippen LogP contribution in [0, 0.1) is 0 Å². The number of hydrogen-bond donors (Lipinski definition) is 1. The third kappa shape index (κ3) is 5.86. The summed E-state index contributed by atoms with van der Waals surface area (Å²) in [6.07, 6.45) is -0.117. The van der Waals surface area contributed by atoms with Crippen LogP contribution in [0.1, 0.15) is 6.42 Å². The van der Waals surface area contributed by atoms with Gasteiger partial charge in [0.15, 0.2) is 0 Å². The van der Waals surface area contributed by atoms with E-state index in [9.17, 15) is 9.59 Å². The summed E-state index contributed by atoms with van der Waals surface area (Å²) in [5.74, 6) is -0.941. The molecule has 0 saturated carbocycles. The second-order valence-electron chi connectivity index (χ2n) is 4.78. The lowest BCUT2D eigenvalue weighted by atomic mass is 10.1. The molecular formula is C13H24N2O6. The Bertz CT molecular complexity index is 331. The molecule has 8 heteroatoms. The Morgan fingerprint density at radius 2 is 1.90 bits per heavy atom. The van der Waals surface area contributed by atoms with Gasteiger partial charge in [-0.2, -0.15) is 0 Å². The Balaban J connectivity index is 2.69. The minimum atomic E-state index is -0.941. The zero-order valence-corrected chi connectivity index (χ0v) is 12.6. The van der Waals surface area contributed by atoms with Crippen molar-refractivity contribution in [1.82, 2.24) is 9.80 Å². The van der Waals surface area contributed by atoms with Gasteiger partial charge >= 0.3 is 12.0 Å². The maximum atomic E-state index is 12.6. The lowest BCUT2D eigenvalue weighted by Gasteiger charge is -2.38. The van der Waals surface area contributed by atoms with Crippen LogP contribution in [0.5, 0.6) is 0 Å². The number of urea groups is 1. The molecule has 0 aliphatic carbocycles. The van der Waals surface area contributed by atoms with E-state index in [2.05, 4.69) is 0 Å². The van der Waals surface area contributed by atoms with E-state index in [-0.39, 0.29) is 19.1 Å². The summed E-state index contributed by atoms with van der Waals surface area (Å²) in [4.78, 5) is 26.7. The Morgan fingerprint density at radius 3 is 2.43 bits per heavy atom. The maximum absolute atomic E-state index is 12.6. The molecule has 0 spiro atoms. The van der Waals surface area contributed by atoms with Crippen molar-refractivity contribution in [3.05, 3.63) is 0 Å². The fourth-order valence-corrected chi connectivity index (χ4v) is 2.17. The predicted octanol–water partition coefficient (Wildman–Crippen LogP) is -0.123. The predicted molar refractivity (Wildman–Crippen MR) is 74.3 cm³/mol. The first-order valence-corrected chi connectivity index (χ1v) is 6.93. The molecule has 2 amide bonds. The maximum Gasteiger partial charge on any atom is 0.320 e. The van der Waals surface area contributed by atoms with Gasteiger partial charge in [0.05, 0.1) is 38.9 Å². The van der Waals surface area contributed by atoms with Crippen LogP contribution in [0.3, 0.4) is 0 Å². The van der Waals surface area contributed by atoms with Crippen molar-refractivity contribution in [2.75, 3.05) is 60.3 Å². The topological polar surface area (TPSA) is 88.5 Å². The summed E-state index contributed by atoms with van der Waals surface area (Å²) in [5, 5.41) is 8.94. The van der Waals surface area contributed by atoms with Crippen LogP contribution in [0.2, 0.25) is 0 Å². The average molecular weight is 304 g/mol. The number of nitrogens with zero attached hydrogens (tertiary/aromatic N) is 2. The highest BCUT2D eigenvalue weighted by Crippen LogP contribution is 2.13. The smallest absolute Gasteiger partial charge is 0.320 e. The molecule has 1 aliphatic rings. The number of carbonyl (C=O) groups excluding carboxylic acids is 1. The van der Waals surface area contributed by atoms with Crippen molar-refractivity contribution in [3.8, 4) is 0 Å². The summed E-state index contributed by atoms with van der Waals surface area (Å²) >= 11 is 0. The highest BCUT2D eigenvalue weighted by atomic mass is 16.5. The number of hydrogen-bond acceptors (Lipinski definition) is 5. The van der Waals surface area contributed by atoms with Crippen LogP contribution in [0.4, 0.5) is 4.79 Å². The van der Waals surface area contributed by atoms with E-state index in [0.29, 0.717) is 39.5 Å². The lowest BCUT2D eigenvalue weighted by molar-refractivity contribution is -0.139. The lowest BCUT2D eigenvalue weighted by Crippen LogP contribution is -2.55. The summed E-state index contributed by atoms with van der Waals surface area (Å²) in [6, 6.07) is -0.630. The fourth-order valence-electron chi connectivity index (χ4n) is 2.17. The van der Waals surface area contributed by atoms with Gasteiger partial charge in [-0.25, -0.2) is 4.79 Å². The van der Waals surface area contributed by atoms with Gasteiger partial charge in [-0.1, -0.05) is 0 Å². The zero-order valence-electron chi connectivity index (χ0n) is 12.6. The van der Waals surface area contributed by atoms with Crippen LogP contribution in [0.15, 0.2) is 0 Å². The molecule has 0 aromatic rings. The largest absolute Gasteiger partial charge is 0.481 e. The van der Waals surface area contributed by atoms with Gasteiger partial charge in [0.1, 0.15) is 0 Å². The molecule has 1 N–H and O–H groups in total. The van der Waals surface area contributed by atoms with Gasteiger partial charge in [0, 0.05) is 33.9 Å². The standard InChI is InChI=1S/C13H24N2O6/c1-19-6-3-14(4-7-20-2)13(18)15-5-8-21-10-11(15)9-12(16)17/h11H,3-10H2,1-2H3,(H,16,17). The third-order valence-electron chi connectivity index (χ3n) is 3.28. The molecule has 0 aromatic carbocycles. The fraction of sp³-hybridized carbons (Fsp3) is 0.846. The number of methoxy groups -OCH3 is 2. The van der Waals surface area contributed by atoms with E-state index in [1.54, 1.807) is 24.0 Å². The van der Waals surface area contributed by atoms with E-state index < -0.39 is 12.0 Å². The highest BCUT2D eigenvalue weighted by molar-refractivity contribution is 5.76. The number of carboxylic acids is 1. The van der Waals surface area contributed by atoms with Crippen LogP contribution < -0.4 is 0 Å². The molecule has 1 aliphatic heterocycles. The first kappa shape index (κ1) is 17.7. The number of carboxylic acid groups (broad SMARTS) is 1. The number of aliphatic carboxylic acids is 1. The average Bonchev–Trinajstić information content (AvgIpc) is 2.47. The Hall–Kier alpha value is -1.38. The first-order chi connectivity index (χ1) is 10.1. The number of amides is 2. The van der Waals surface area contributed by atoms with Gasteiger partial charge in [0.25, 0.3) is 0 Å². The van der Waals surface area contributed by atoms with Crippen molar-refractivity contribution in [2.24, 2.45) is 0 Å². The molecule has 0 aromatic heterocycles. The molecule has 1 fully saturated rings. The van der Waals surface area contributed by atoms with Gasteiger partial charge in [0.2, 0.25) is 0 Å². The Kier molecular flexibility index (Phi) is 8.03. The van der Waals surface area contributed by atoms with Crippen molar-refractivity contribution in [2.45, 2.75) is 12.5 Å². The van der Waals surface area contributed by atoms with E-state index in [1.165, 1.54) is 0 Å². The van der Waals surface area contributed by atoms with Gasteiger partial charge < -0.3 is 29.1 Å². The third-order valence-corrected chi connectivity index (χ3v) is 3.28. The normalized spacial score (nSPS) is 18.6. The molecule has 122 valence electrons. The molecule has 0 radical (unpaired) electrons. The molecule has 1 atom stereocenters. The SMILES string of the molecule is COCCN(CCOC)C(=O)N1CCOCC1CC(=O)O. The van der Waals surface area contributed by atoms with Crippen molar-refractivity contribution >= 4 is 12.0 Å². The van der Waals surface area contributed by atoms with Crippen LogP contribution >= 0.6 is 0 Å². The van der Waals surface area contributed by atoms with E-state index >= 15 is 0 Å². The molecule has 1 heterocycles. The van der Waals surface area contributed by atoms with E-state index in [0.717, 1.165) is 0 Å². The van der Waals surface area contributed by atoms with Crippen molar-refractivity contribution in [1.29, 1.82) is 0 Å². The van der Waals surface area contributed by atoms with Crippen LogP contribution in [-0.4, -0.2) is 93.2 Å².